The summed E-state index contributed by atoms with van der Waals surface area (Å²) < 4.78 is 33.9. The third kappa shape index (κ3) is 19.4. The highest BCUT2D eigenvalue weighted by atomic mass is 28.4. The summed E-state index contributed by atoms with van der Waals surface area (Å²) in [5.41, 5.74) is 0. The fourth-order valence-electron chi connectivity index (χ4n) is 3.41. The van der Waals surface area contributed by atoms with E-state index in [1.54, 1.807) is 0 Å². The molecule has 0 aromatic carbocycles. The molecule has 7 nitrogen and oxygen atoms in total. The molecule has 194 valence electrons. The highest BCUT2D eigenvalue weighted by Gasteiger charge is 2.41. The summed E-state index contributed by atoms with van der Waals surface area (Å²) in [5.74, 6) is 0. The topological polar surface area (TPSA) is 75.6 Å². The van der Waals surface area contributed by atoms with Crippen molar-refractivity contribution in [2.45, 2.75) is 98.0 Å². The lowest BCUT2D eigenvalue weighted by Crippen LogP contribution is -2.51. The van der Waals surface area contributed by atoms with E-state index < -0.39 is 14.9 Å². The molecule has 32 heavy (non-hydrogen) atoms. The molecular formula is C24H52O7Si. The lowest BCUT2D eigenvalue weighted by atomic mass is 10.1. The van der Waals surface area contributed by atoms with E-state index in [1.807, 2.05) is 20.8 Å². The molecule has 0 fully saturated rings. The Labute approximate surface area is 198 Å². The number of ether oxygens (including phenoxy) is 3. The summed E-state index contributed by atoms with van der Waals surface area (Å²) in [6.45, 7) is 11.7. The molecule has 0 amide bonds. The molecule has 0 saturated carbocycles. The van der Waals surface area contributed by atoms with Gasteiger partial charge in [-0.2, -0.15) is 0 Å². The molecule has 0 saturated heterocycles. The fraction of sp³-hybridized carbons (Fsp3) is 1.00. The van der Waals surface area contributed by atoms with Gasteiger partial charge in [0.05, 0.1) is 26.4 Å². The Balaban J connectivity index is 3.55. The molecular weight excluding hydrogens is 428 g/mol. The zero-order chi connectivity index (χ0) is 23.8. The Morgan fingerprint density at radius 3 is 1.56 bits per heavy atom. The van der Waals surface area contributed by atoms with E-state index in [2.05, 4.69) is 6.92 Å². The second kappa shape index (κ2) is 24.1. The summed E-state index contributed by atoms with van der Waals surface area (Å²) in [4.78, 5) is 0. The predicted molar refractivity (Wildman–Crippen MR) is 131 cm³/mol. The van der Waals surface area contributed by atoms with Crippen molar-refractivity contribution in [2.24, 2.45) is 0 Å². The van der Waals surface area contributed by atoms with Gasteiger partial charge in [0.1, 0.15) is 12.3 Å². The number of unbranched alkanes of at least 4 members (excludes halogenated alkanes) is 9. The Morgan fingerprint density at radius 2 is 1.03 bits per heavy atom. The van der Waals surface area contributed by atoms with E-state index in [9.17, 15) is 5.11 Å². The van der Waals surface area contributed by atoms with Crippen molar-refractivity contribution in [2.75, 3.05) is 59.1 Å². The van der Waals surface area contributed by atoms with Gasteiger partial charge in [0.15, 0.2) is 0 Å². The van der Waals surface area contributed by atoms with Crippen LogP contribution in [0.2, 0.25) is 0 Å². The quantitative estimate of drug-likeness (QED) is 0.139. The molecule has 0 spiro atoms. The monoisotopic (exact) mass is 480 g/mol. The largest absolute Gasteiger partial charge is 0.528 e. The summed E-state index contributed by atoms with van der Waals surface area (Å²) in [6.07, 6.45) is 12.8. The highest BCUT2D eigenvalue weighted by Crippen LogP contribution is 2.12. The third-order valence-corrected chi connectivity index (χ3v) is 7.75. The van der Waals surface area contributed by atoms with Gasteiger partial charge in [-0.3, -0.25) is 0 Å². The Hall–Kier alpha value is -0.0631. The molecule has 0 heterocycles. The minimum absolute atomic E-state index is 0.154. The molecule has 8 heteroatoms. The van der Waals surface area contributed by atoms with Crippen LogP contribution in [-0.2, 0) is 27.5 Å². The Kier molecular flexibility index (Phi) is 24.0. The third-order valence-electron chi connectivity index (χ3n) is 5.01. The number of aliphatic hydroxyl groups is 1. The lowest BCUT2D eigenvalue weighted by molar-refractivity contribution is -0.0375. The molecule has 0 aliphatic heterocycles. The van der Waals surface area contributed by atoms with Gasteiger partial charge in [0, 0.05) is 26.4 Å². The Morgan fingerprint density at radius 1 is 0.562 bits per heavy atom. The van der Waals surface area contributed by atoms with E-state index in [0.717, 1.165) is 13.0 Å². The van der Waals surface area contributed by atoms with Gasteiger partial charge < -0.3 is 32.6 Å². The zero-order valence-corrected chi connectivity index (χ0v) is 22.4. The molecule has 0 aromatic heterocycles. The molecule has 1 atom stereocenters. The van der Waals surface area contributed by atoms with Gasteiger partial charge in [-0.05, 0) is 27.2 Å². The molecule has 1 N–H and O–H groups in total. The van der Waals surface area contributed by atoms with E-state index >= 15 is 0 Å². The van der Waals surface area contributed by atoms with E-state index in [1.165, 1.54) is 57.8 Å². The second-order valence-corrected chi connectivity index (χ2v) is 10.5. The average Bonchev–Trinajstić information content (AvgIpc) is 2.77. The maximum absolute atomic E-state index is 10.0. The van der Waals surface area contributed by atoms with Crippen LogP contribution in [0.15, 0.2) is 0 Å². The minimum atomic E-state index is -2.83. The normalized spacial score (nSPS) is 13.0. The van der Waals surface area contributed by atoms with Gasteiger partial charge >= 0.3 is 8.80 Å². The van der Waals surface area contributed by atoms with Crippen molar-refractivity contribution in [3.05, 3.63) is 0 Å². The highest BCUT2D eigenvalue weighted by molar-refractivity contribution is 6.60. The van der Waals surface area contributed by atoms with E-state index in [-0.39, 0.29) is 19.4 Å². The van der Waals surface area contributed by atoms with Gasteiger partial charge in [0.25, 0.3) is 0 Å². The summed E-state index contributed by atoms with van der Waals surface area (Å²) in [7, 11) is -2.83. The van der Waals surface area contributed by atoms with Crippen LogP contribution >= 0.6 is 0 Å². The van der Waals surface area contributed by atoms with E-state index in [4.69, 9.17) is 27.5 Å². The van der Waals surface area contributed by atoms with Crippen LogP contribution < -0.4 is 0 Å². The Bertz CT molecular complexity index is 357. The van der Waals surface area contributed by atoms with Crippen LogP contribution in [0.1, 0.15) is 91.9 Å². The van der Waals surface area contributed by atoms with Crippen molar-refractivity contribution in [3.8, 4) is 0 Å². The van der Waals surface area contributed by atoms with Crippen LogP contribution in [-0.4, -0.2) is 79.1 Å². The molecule has 0 rings (SSSR count). The van der Waals surface area contributed by atoms with Gasteiger partial charge in [-0.1, -0.05) is 64.7 Å². The van der Waals surface area contributed by atoms with Crippen molar-refractivity contribution in [1.29, 1.82) is 0 Å². The fourth-order valence-corrected chi connectivity index (χ4v) is 5.60. The summed E-state index contributed by atoms with van der Waals surface area (Å²) in [5, 5.41) is 10.0. The number of rotatable bonds is 26. The lowest BCUT2D eigenvalue weighted by Gasteiger charge is -2.28. The van der Waals surface area contributed by atoms with Crippen LogP contribution in [0, 0.1) is 0 Å². The summed E-state index contributed by atoms with van der Waals surface area (Å²) >= 11 is 0. The first-order chi connectivity index (χ1) is 15.6. The van der Waals surface area contributed by atoms with Gasteiger partial charge in [-0.25, -0.2) is 0 Å². The van der Waals surface area contributed by atoms with Gasteiger partial charge in [0.2, 0.25) is 0 Å². The number of hydrogen-bond acceptors (Lipinski definition) is 7. The molecule has 0 aliphatic rings. The second-order valence-electron chi connectivity index (χ2n) is 8.02. The molecule has 0 aliphatic carbocycles. The van der Waals surface area contributed by atoms with Crippen LogP contribution in [0.3, 0.4) is 0 Å². The van der Waals surface area contributed by atoms with Crippen LogP contribution in [0.4, 0.5) is 0 Å². The summed E-state index contributed by atoms with van der Waals surface area (Å²) in [6, 6.07) is 0. The number of aliphatic hydroxyl groups excluding tert-OH is 1. The van der Waals surface area contributed by atoms with Crippen molar-refractivity contribution < 1.29 is 32.6 Å². The smallest absolute Gasteiger partial charge is 0.388 e. The molecule has 0 bridgehead atoms. The SMILES string of the molecule is CCCCCCCCCCCCOCCOCC(O)COC[Si](OCC)(OCC)OCC. The first-order valence-corrected chi connectivity index (χ1v) is 14.9. The zero-order valence-electron chi connectivity index (χ0n) is 21.4. The standard InChI is InChI=1S/C24H52O7Si/c1-5-9-10-11-12-13-14-15-16-17-18-26-19-20-27-21-24(25)22-28-23-32(29-6-2,30-7-3)31-8-4/h24-25H,5-23H2,1-4H3. The van der Waals surface area contributed by atoms with Crippen molar-refractivity contribution >= 4 is 8.80 Å². The minimum Gasteiger partial charge on any atom is -0.388 e. The van der Waals surface area contributed by atoms with Crippen molar-refractivity contribution in [3.63, 3.8) is 0 Å². The first-order valence-electron chi connectivity index (χ1n) is 13.0. The maximum atomic E-state index is 10.0. The van der Waals surface area contributed by atoms with E-state index in [0.29, 0.717) is 33.0 Å². The number of hydrogen-bond donors (Lipinski definition) is 1. The molecule has 1 unspecified atom stereocenters. The average molecular weight is 481 g/mol. The van der Waals surface area contributed by atoms with Crippen LogP contribution in [0.25, 0.3) is 0 Å². The van der Waals surface area contributed by atoms with Crippen molar-refractivity contribution in [1.82, 2.24) is 0 Å². The predicted octanol–water partition coefficient (Wildman–Crippen LogP) is 4.91. The van der Waals surface area contributed by atoms with Crippen LogP contribution in [0.5, 0.6) is 0 Å². The van der Waals surface area contributed by atoms with Gasteiger partial charge in [-0.15, -0.1) is 0 Å². The first kappa shape index (κ1) is 31.9. The maximum Gasteiger partial charge on any atom is 0.528 e. The molecule has 0 radical (unpaired) electrons. The molecule has 0 aromatic rings.